The molecule has 6 nitrogen and oxygen atoms in total. The highest BCUT2D eigenvalue weighted by Gasteiger charge is 2.37. The molecule has 2 N–H and O–H groups in total. The highest BCUT2D eigenvalue weighted by Crippen LogP contribution is 2.46. The minimum absolute atomic E-state index is 0.127. The van der Waals surface area contributed by atoms with Gasteiger partial charge in [-0.05, 0) is 47.5 Å². The Morgan fingerprint density at radius 2 is 1.83 bits per heavy atom. The number of nitrogens with one attached hydrogen (secondary N) is 2. The molecule has 0 atom stereocenters. The second-order valence-corrected chi connectivity index (χ2v) is 9.98. The van der Waals surface area contributed by atoms with Gasteiger partial charge >= 0.3 is 0 Å². The Bertz CT molecular complexity index is 1400. The largest absolute Gasteiger partial charge is 0.347 e. The van der Waals surface area contributed by atoms with Crippen molar-refractivity contribution in [2.75, 3.05) is 11.9 Å². The molecular weight excluding hydrogens is 454 g/mol. The number of fused-ring (bicyclic) bond motifs is 2. The third kappa shape index (κ3) is 4.59. The average Bonchev–Trinajstić information content (AvgIpc) is 3.37. The normalized spacial score (nSPS) is 15.7. The Morgan fingerprint density at radius 3 is 2.60 bits per heavy atom. The van der Waals surface area contributed by atoms with Crippen molar-refractivity contribution in [1.82, 2.24) is 15.4 Å². The Labute approximate surface area is 209 Å². The second-order valence-electron chi connectivity index (χ2n) is 9.02. The summed E-state index contributed by atoms with van der Waals surface area (Å²) in [5.41, 5.74) is 9.78. The van der Waals surface area contributed by atoms with E-state index in [4.69, 9.17) is 0 Å². The van der Waals surface area contributed by atoms with E-state index in [1.165, 1.54) is 11.3 Å². The first kappa shape index (κ1) is 22.9. The van der Waals surface area contributed by atoms with Gasteiger partial charge in [-0.2, -0.15) is 5.10 Å². The third-order valence-corrected chi connectivity index (χ3v) is 7.32. The monoisotopic (exact) mass is 481 g/mol. The van der Waals surface area contributed by atoms with E-state index in [2.05, 4.69) is 64.5 Å². The van der Waals surface area contributed by atoms with Crippen LogP contribution in [-0.4, -0.2) is 29.1 Å². The van der Waals surface area contributed by atoms with Crippen LogP contribution in [0.4, 0.5) is 5.69 Å². The number of carbonyl (C=O) groups excluding carboxylic acids is 1. The van der Waals surface area contributed by atoms with Crippen molar-refractivity contribution < 1.29 is 4.79 Å². The number of allylic oxidation sites excluding steroid dienone is 2. The number of carbonyl (C=O) groups is 1. The predicted molar refractivity (Wildman–Crippen MR) is 144 cm³/mol. The number of aromatic amines is 1. The van der Waals surface area contributed by atoms with E-state index in [9.17, 15) is 4.79 Å². The summed E-state index contributed by atoms with van der Waals surface area (Å²) in [5, 5.41) is 5.03. The summed E-state index contributed by atoms with van der Waals surface area (Å²) < 4.78 is 0. The number of anilines is 1. The van der Waals surface area contributed by atoms with Crippen molar-refractivity contribution >= 4 is 40.6 Å². The van der Waals surface area contributed by atoms with Gasteiger partial charge in [-0.1, -0.05) is 68.1 Å². The number of hydrogen-bond acceptors (Lipinski definition) is 5. The van der Waals surface area contributed by atoms with Crippen molar-refractivity contribution in [1.29, 1.82) is 0 Å². The molecule has 2 heterocycles. The summed E-state index contributed by atoms with van der Waals surface area (Å²) in [7, 11) is 2.06. The predicted octanol–water partition coefficient (Wildman–Crippen LogP) is 5.88. The van der Waals surface area contributed by atoms with Crippen LogP contribution in [-0.2, 0) is 11.2 Å². The highest BCUT2D eigenvalue weighted by molar-refractivity contribution is 7.98. The van der Waals surface area contributed by atoms with Gasteiger partial charge in [0, 0.05) is 41.4 Å². The van der Waals surface area contributed by atoms with Crippen LogP contribution >= 0.6 is 11.8 Å². The number of rotatable bonds is 6. The van der Waals surface area contributed by atoms with E-state index in [-0.39, 0.29) is 11.3 Å². The average molecular weight is 482 g/mol. The Balaban J connectivity index is 1.17. The number of para-hydroxylation sites is 3. The van der Waals surface area contributed by atoms with Crippen LogP contribution in [0.3, 0.4) is 0 Å². The maximum atomic E-state index is 12.5. The van der Waals surface area contributed by atoms with Crippen molar-refractivity contribution in [2.24, 2.45) is 5.10 Å². The van der Waals surface area contributed by atoms with Crippen LogP contribution in [0.15, 0.2) is 94.8 Å². The lowest BCUT2D eigenvalue weighted by Crippen LogP contribution is -2.23. The summed E-state index contributed by atoms with van der Waals surface area (Å²) in [6.45, 7) is 4.39. The van der Waals surface area contributed by atoms with E-state index >= 15 is 0 Å². The van der Waals surface area contributed by atoms with Gasteiger partial charge in [0.15, 0.2) is 5.16 Å². The number of thioether (sulfide) groups is 1. The van der Waals surface area contributed by atoms with Crippen molar-refractivity contribution in [3.63, 3.8) is 0 Å². The van der Waals surface area contributed by atoms with Gasteiger partial charge < -0.3 is 9.88 Å². The number of likely N-dealkylation sites (N-methyl/N-ethyl adjacent to an activating group) is 1. The lowest BCUT2D eigenvalue weighted by Gasteiger charge is -2.23. The zero-order valence-electron chi connectivity index (χ0n) is 19.9. The Hall–Kier alpha value is -3.84. The Morgan fingerprint density at radius 1 is 1.09 bits per heavy atom. The van der Waals surface area contributed by atoms with E-state index in [1.54, 1.807) is 18.0 Å². The van der Waals surface area contributed by atoms with Gasteiger partial charge in [-0.25, -0.2) is 10.4 Å². The second kappa shape index (κ2) is 9.43. The molecule has 35 heavy (non-hydrogen) atoms. The number of nitrogens with zero attached hydrogens (tertiary/aromatic N) is 3. The molecule has 1 amide bonds. The smallest absolute Gasteiger partial charge is 0.271 e. The van der Waals surface area contributed by atoms with E-state index in [0.717, 1.165) is 33.2 Å². The molecule has 1 aliphatic rings. The van der Waals surface area contributed by atoms with Crippen molar-refractivity contribution in [2.45, 2.75) is 30.2 Å². The summed E-state index contributed by atoms with van der Waals surface area (Å²) in [6, 6.07) is 23.9. The molecule has 0 saturated carbocycles. The quantitative estimate of drug-likeness (QED) is 0.205. The van der Waals surface area contributed by atoms with E-state index in [0.29, 0.717) is 5.56 Å². The molecule has 0 fully saturated rings. The fourth-order valence-corrected chi connectivity index (χ4v) is 5.31. The molecule has 1 aliphatic heterocycles. The zero-order chi connectivity index (χ0) is 24.4. The zero-order valence-corrected chi connectivity index (χ0v) is 20.8. The van der Waals surface area contributed by atoms with Gasteiger partial charge in [0.2, 0.25) is 0 Å². The van der Waals surface area contributed by atoms with Gasteiger partial charge in [0.05, 0.1) is 11.0 Å². The number of hydrogen-bond donors (Lipinski definition) is 2. The van der Waals surface area contributed by atoms with Crippen LogP contribution < -0.4 is 10.3 Å². The summed E-state index contributed by atoms with van der Waals surface area (Å²) in [5.74, 6) is 0.525. The fraction of sp³-hybridized carbons (Fsp3) is 0.179. The molecule has 0 bridgehead atoms. The van der Waals surface area contributed by atoms with Crippen molar-refractivity contribution in [3.8, 4) is 0 Å². The first-order chi connectivity index (χ1) is 16.9. The van der Waals surface area contributed by atoms with Gasteiger partial charge in [-0.15, -0.1) is 0 Å². The minimum Gasteiger partial charge on any atom is -0.347 e. The number of benzene rings is 3. The van der Waals surface area contributed by atoms with Gasteiger partial charge in [0.1, 0.15) is 0 Å². The maximum Gasteiger partial charge on any atom is 0.271 e. The molecule has 0 saturated heterocycles. The summed E-state index contributed by atoms with van der Waals surface area (Å²) >= 11 is 1.64. The summed E-state index contributed by atoms with van der Waals surface area (Å²) in [6.07, 6.45) is 3.61. The molecular formula is C28H27N5OS. The SMILES string of the molecule is CN1/C(=C/C=N\NC(=O)c2ccc(CSc3nc4ccccc4[nH]3)cc2)C(C)(C)c2ccccc21. The van der Waals surface area contributed by atoms with Gasteiger partial charge in [-0.3, -0.25) is 4.79 Å². The highest BCUT2D eigenvalue weighted by atomic mass is 32.2. The molecule has 0 radical (unpaired) electrons. The standard InChI is InChI=1S/C28H27N5OS/c1-28(2)21-8-4-7-11-24(21)33(3)25(28)16-17-29-32-26(34)20-14-12-19(13-15-20)18-35-27-30-22-9-5-6-10-23(22)31-27/h4-17H,18H2,1-3H3,(H,30,31)(H,32,34)/b25-16+,29-17-. The lowest BCUT2D eigenvalue weighted by molar-refractivity contribution is 0.0955. The fourth-order valence-electron chi connectivity index (χ4n) is 4.47. The van der Waals surface area contributed by atoms with Crippen LogP contribution in [0.1, 0.15) is 35.3 Å². The van der Waals surface area contributed by atoms with Crippen LogP contribution in [0.5, 0.6) is 0 Å². The van der Waals surface area contributed by atoms with Crippen LogP contribution in [0, 0.1) is 0 Å². The van der Waals surface area contributed by atoms with Crippen molar-refractivity contribution in [3.05, 3.63) is 101 Å². The molecule has 0 spiro atoms. The molecule has 5 rings (SSSR count). The van der Waals surface area contributed by atoms with Crippen LogP contribution in [0.2, 0.25) is 0 Å². The maximum absolute atomic E-state index is 12.5. The molecule has 4 aromatic rings. The first-order valence-corrected chi connectivity index (χ1v) is 12.5. The molecule has 0 unspecified atom stereocenters. The lowest BCUT2D eigenvalue weighted by atomic mass is 9.84. The first-order valence-electron chi connectivity index (χ1n) is 11.5. The molecule has 7 heteroatoms. The summed E-state index contributed by atoms with van der Waals surface area (Å²) in [4.78, 5) is 22.6. The van der Waals surface area contributed by atoms with E-state index < -0.39 is 0 Å². The topological polar surface area (TPSA) is 73.4 Å². The van der Waals surface area contributed by atoms with Crippen LogP contribution in [0.25, 0.3) is 11.0 Å². The number of aromatic nitrogens is 2. The number of hydrazone groups is 1. The van der Waals surface area contributed by atoms with E-state index in [1.807, 2.05) is 60.7 Å². The van der Waals surface area contributed by atoms with Gasteiger partial charge in [0.25, 0.3) is 5.91 Å². The number of H-pyrrole nitrogens is 1. The minimum atomic E-state index is -0.238. The Kier molecular flexibility index (Phi) is 6.17. The number of imidazole rings is 1. The molecule has 176 valence electrons. The number of amides is 1. The molecule has 3 aromatic carbocycles. The molecule has 1 aromatic heterocycles. The third-order valence-electron chi connectivity index (χ3n) is 6.37. The molecule has 0 aliphatic carbocycles.